The van der Waals surface area contributed by atoms with Crippen molar-refractivity contribution in [1.29, 1.82) is 0 Å². The molecule has 0 amide bonds. The molecule has 3 rings (SSSR count). The number of hydrogen-bond acceptors (Lipinski definition) is 0. The molecule has 23 heavy (non-hydrogen) atoms. The van der Waals surface area contributed by atoms with Gasteiger partial charge in [-0.25, -0.2) is 4.39 Å². The van der Waals surface area contributed by atoms with Gasteiger partial charge in [-0.1, -0.05) is 66.7 Å². The van der Waals surface area contributed by atoms with Crippen LogP contribution in [0.3, 0.4) is 0 Å². The Kier molecular flexibility index (Phi) is 3.90. The van der Waals surface area contributed by atoms with Crippen LogP contribution < -0.4 is 0 Å². The molecule has 0 atom stereocenters. The molecule has 0 bridgehead atoms. The highest BCUT2D eigenvalue weighted by Gasteiger charge is 2.36. The number of rotatable bonds is 2. The molecule has 4 heteroatoms. The predicted octanol–water partition coefficient (Wildman–Crippen LogP) is 6.18. The zero-order valence-electron chi connectivity index (χ0n) is 11.9. The summed E-state index contributed by atoms with van der Waals surface area (Å²) in [6.07, 6.45) is -4.74. The second kappa shape index (κ2) is 5.88. The zero-order valence-corrected chi connectivity index (χ0v) is 11.9. The van der Waals surface area contributed by atoms with Crippen molar-refractivity contribution in [3.8, 4) is 22.3 Å². The fourth-order valence-electron chi connectivity index (χ4n) is 2.53. The maximum atomic E-state index is 13.7. The van der Waals surface area contributed by atoms with Gasteiger partial charge in [0.25, 0.3) is 0 Å². The molecular formula is C19H12F4. The minimum absolute atomic E-state index is 0.155. The fourth-order valence-corrected chi connectivity index (χ4v) is 2.53. The van der Waals surface area contributed by atoms with Crippen LogP contribution in [0, 0.1) is 5.82 Å². The summed E-state index contributed by atoms with van der Waals surface area (Å²) in [5.41, 5.74) is 0.801. The summed E-state index contributed by atoms with van der Waals surface area (Å²) < 4.78 is 53.0. The molecule has 0 radical (unpaired) electrons. The first kappa shape index (κ1) is 15.3. The predicted molar refractivity (Wildman–Crippen MR) is 82.3 cm³/mol. The Bertz CT molecular complexity index is 803. The van der Waals surface area contributed by atoms with Crippen LogP contribution in [0.1, 0.15) is 5.56 Å². The Hall–Kier alpha value is -2.62. The van der Waals surface area contributed by atoms with Crippen molar-refractivity contribution in [1.82, 2.24) is 0 Å². The fraction of sp³-hybridized carbons (Fsp3) is 0.0526. The maximum absolute atomic E-state index is 13.7. The van der Waals surface area contributed by atoms with E-state index in [4.69, 9.17) is 0 Å². The molecule has 0 heterocycles. The first-order chi connectivity index (χ1) is 11.0. The van der Waals surface area contributed by atoms with Gasteiger partial charge in [-0.05, 0) is 28.3 Å². The van der Waals surface area contributed by atoms with Crippen molar-refractivity contribution in [2.75, 3.05) is 0 Å². The molecule has 0 nitrogen and oxygen atoms in total. The van der Waals surface area contributed by atoms with Crippen LogP contribution in [0.2, 0.25) is 0 Å². The van der Waals surface area contributed by atoms with E-state index in [0.29, 0.717) is 5.56 Å². The molecule has 0 spiro atoms. The van der Waals surface area contributed by atoms with Crippen molar-refractivity contribution < 1.29 is 17.6 Å². The molecule has 0 saturated heterocycles. The van der Waals surface area contributed by atoms with Crippen LogP contribution in [0.15, 0.2) is 72.8 Å². The van der Waals surface area contributed by atoms with E-state index in [1.807, 2.05) is 30.3 Å². The molecule has 0 fully saturated rings. The monoisotopic (exact) mass is 316 g/mol. The van der Waals surface area contributed by atoms with Crippen molar-refractivity contribution in [2.24, 2.45) is 0 Å². The Morgan fingerprint density at radius 1 is 0.565 bits per heavy atom. The average molecular weight is 316 g/mol. The van der Waals surface area contributed by atoms with E-state index >= 15 is 0 Å². The summed E-state index contributed by atoms with van der Waals surface area (Å²) in [4.78, 5) is 0. The number of halogens is 4. The number of hydrogen-bond donors (Lipinski definition) is 0. The lowest BCUT2D eigenvalue weighted by Gasteiger charge is -2.14. The van der Waals surface area contributed by atoms with Crippen molar-refractivity contribution in [2.45, 2.75) is 6.18 Å². The molecule has 116 valence electrons. The van der Waals surface area contributed by atoms with E-state index in [0.717, 1.165) is 17.2 Å². The summed E-state index contributed by atoms with van der Waals surface area (Å²) in [6, 6.07) is 19.5. The standard InChI is InChI=1S/C19H12F4/c20-17-8-4-7-16(18(17)19(21,22)23)15-11-9-14(10-12-15)13-5-2-1-3-6-13/h1-12H. The largest absolute Gasteiger partial charge is 0.419 e. The SMILES string of the molecule is Fc1cccc(-c2ccc(-c3ccccc3)cc2)c1C(F)(F)F. The van der Waals surface area contributed by atoms with Gasteiger partial charge < -0.3 is 0 Å². The van der Waals surface area contributed by atoms with Crippen molar-refractivity contribution in [3.63, 3.8) is 0 Å². The third-order valence-corrected chi connectivity index (χ3v) is 3.60. The van der Waals surface area contributed by atoms with Crippen LogP contribution in [0.4, 0.5) is 17.6 Å². The van der Waals surface area contributed by atoms with Gasteiger partial charge in [-0.2, -0.15) is 13.2 Å². The lowest BCUT2D eigenvalue weighted by Crippen LogP contribution is -2.10. The lowest BCUT2D eigenvalue weighted by atomic mass is 9.96. The minimum atomic E-state index is -4.74. The highest BCUT2D eigenvalue weighted by atomic mass is 19.4. The molecule has 0 aliphatic heterocycles. The third kappa shape index (κ3) is 3.11. The van der Waals surface area contributed by atoms with E-state index in [1.54, 1.807) is 24.3 Å². The van der Waals surface area contributed by atoms with E-state index in [2.05, 4.69) is 0 Å². The lowest BCUT2D eigenvalue weighted by molar-refractivity contribution is -0.139. The zero-order chi connectivity index (χ0) is 16.4. The van der Waals surface area contributed by atoms with Crippen LogP contribution in [-0.2, 0) is 6.18 Å². The summed E-state index contributed by atoms with van der Waals surface area (Å²) in [7, 11) is 0. The normalized spacial score (nSPS) is 11.5. The molecule has 0 saturated carbocycles. The van der Waals surface area contributed by atoms with Gasteiger partial charge in [0.15, 0.2) is 0 Å². The van der Waals surface area contributed by atoms with Gasteiger partial charge in [0.2, 0.25) is 0 Å². The van der Waals surface area contributed by atoms with Gasteiger partial charge in [0.05, 0.1) is 5.56 Å². The maximum Gasteiger partial charge on any atom is 0.419 e. The third-order valence-electron chi connectivity index (χ3n) is 3.60. The number of benzene rings is 3. The summed E-state index contributed by atoms with van der Waals surface area (Å²) >= 11 is 0. The average Bonchev–Trinajstić information content (AvgIpc) is 2.54. The molecule has 0 unspecified atom stereocenters. The molecular weight excluding hydrogens is 304 g/mol. The Morgan fingerprint density at radius 2 is 1.13 bits per heavy atom. The van der Waals surface area contributed by atoms with Crippen LogP contribution in [0.5, 0.6) is 0 Å². The van der Waals surface area contributed by atoms with Crippen molar-refractivity contribution >= 4 is 0 Å². The summed E-state index contributed by atoms with van der Waals surface area (Å²) in [5.74, 6) is -1.26. The minimum Gasteiger partial charge on any atom is -0.206 e. The highest BCUT2D eigenvalue weighted by molar-refractivity contribution is 5.72. The quantitative estimate of drug-likeness (QED) is 0.495. The first-order valence-corrected chi connectivity index (χ1v) is 6.98. The van der Waals surface area contributed by atoms with Crippen molar-refractivity contribution in [3.05, 3.63) is 84.2 Å². The highest BCUT2D eigenvalue weighted by Crippen LogP contribution is 2.39. The number of alkyl halides is 3. The second-order valence-electron chi connectivity index (χ2n) is 5.10. The Balaban J connectivity index is 2.06. The molecule has 0 aliphatic carbocycles. The molecule has 0 aromatic heterocycles. The van der Waals surface area contributed by atoms with Gasteiger partial charge in [-0.15, -0.1) is 0 Å². The smallest absolute Gasteiger partial charge is 0.206 e. The molecule has 3 aromatic carbocycles. The van der Waals surface area contributed by atoms with E-state index in [-0.39, 0.29) is 5.56 Å². The topological polar surface area (TPSA) is 0 Å². The van der Waals surface area contributed by atoms with Gasteiger partial charge in [-0.3, -0.25) is 0 Å². The molecule has 0 aliphatic rings. The van der Waals surface area contributed by atoms with E-state index in [1.165, 1.54) is 12.1 Å². The van der Waals surface area contributed by atoms with Gasteiger partial charge in [0.1, 0.15) is 5.82 Å². The molecule has 0 N–H and O–H groups in total. The Morgan fingerprint density at radius 3 is 1.74 bits per heavy atom. The van der Waals surface area contributed by atoms with Gasteiger partial charge in [0, 0.05) is 0 Å². The van der Waals surface area contributed by atoms with Crippen LogP contribution in [-0.4, -0.2) is 0 Å². The van der Waals surface area contributed by atoms with Gasteiger partial charge >= 0.3 is 6.18 Å². The van der Waals surface area contributed by atoms with E-state index < -0.39 is 17.6 Å². The summed E-state index contributed by atoms with van der Waals surface area (Å²) in [6.45, 7) is 0. The van der Waals surface area contributed by atoms with E-state index in [9.17, 15) is 17.6 Å². The second-order valence-corrected chi connectivity index (χ2v) is 5.10. The first-order valence-electron chi connectivity index (χ1n) is 6.98. The molecule has 3 aromatic rings. The summed E-state index contributed by atoms with van der Waals surface area (Å²) in [5, 5.41) is 0. The van der Waals surface area contributed by atoms with Crippen LogP contribution >= 0.6 is 0 Å². The Labute approximate surface area is 131 Å². The van der Waals surface area contributed by atoms with Crippen LogP contribution in [0.25, 0.3) is 22.3 Å².